The van der Waals surface area contributed by atoms with E-state index in [0.717, 1.165) is 23.8 Å². The highest BCUT2D eigenvalue weighted by molar-refractivity contribution is 5.82. The van der Waals surface area contributed by atoms with E-state index >= 15 is 0 Å². The maximum Gasteiger partial charge on any atom is 0.220 e. The van der Waals surface area contributed by atoms with Crippen LogP contribution in [0.2, 0.25) is 0 Å². The SMILES string of the molecule is CC1(Cc2coc3ccccc23)CCC(=O)N1. The molecule has 0 saturated carbocycles. The summed E-state index contributed by atoms with van der Waals surface area (Å²) in [4.78, 5) is 11.3. The summed E-state index contributed by atoms with van der Waals surface area (Å²) < 4.78 is 5.52. The lowest BCUT2D eigenvalue weighted by Crippen LogP contribution is -2.40. The van der Waals surface area contributed by atoms with Crippen LogP contribution in [0.1, 0.15) is 25.3 Å². The number of rotatable bonds is 2. The van der Waals surface area contributed by atoms with Gasteiger partial charge >= 0.3 is 0 Å². The fourth-order valence-electron chi connectivity index (χ4n) is 2.57. The molecule has 0 aliphatic carbocycles. The van der Waals surface area contributed by atoms with Crippen LogP contribution in [-0.4, -0.2) is 11.4 Å². The molecule has 1 amide bonds. The lowest BCUT2D eigenvalue weighted by Gasteiger charge is -2.23. The van der Waals surface area contributed by atoms with Crippen LogP contribution in [-0.2, 0) is 11.2 Å². The Kier molecular flexibility index (Phi) is 2.21. The van der Waals surface area contributed by atoms with Gasteiger partial charge in [0.2, 0.25) is 5.91 Å². The third kappa shape index (κ3) is 1.82. The number of fused-ring (bicyclic) bond motifs is 1. The maximum absolute atomic E-state index is 11.3. The molecule has 17 heavy (non-hydrogen) atoms. The number of nitrogens with one attached hydrogen (secondary N) is 1. The van der Waals surface area contributed by atoms with Crippen LogP contribution < -0.4 is 5.32 Å². The van der Waals surface area contributed by atoms with Crippen molar-refractivity contribution in [1.29, 1.82) is 0 Å². The highest BCUT2D eigenvalue weighted by atomic mass is 16.3. The third-order valence-electron chi connectivity index (χ3n) is 3.49. The van der Waals surface area contributed by atoms with Gasteiger partial charge < -0.3 is 9.73 Å². The smallest absolute Gasteiger partial charge is 0.220 e. The molecule has 2 aromatic rings. The molecule has 2 heterocycles. The molecular weight excluding hydrogens is 214 g/mol. The summed E-state index contributed by atoms with van der Waals surface area (Å²) in [6, 6.07) is 8.01. The molecule has 3 nitrogen and oxygen atoms in total. The van der Waals surface area contributed by atoms with Gasteiger partial charge in [-0.2, -0.15) is 0 Å². The van der Waals surface area contributed by atoms with Gasteiger partial charge in [0.1, 0.15) is 5.58 Å². The minimum absolute atomic E-state index is 0.121. The Morgan fingerprint density at radius 3 is 3.00 bits per heavy atom. The highest BCUT2D eigenvalue weighted by Gasteiger charge is 2.33. The predicted molar refractivity (Wildman–Crippen MR) is 65.7 cm³/mol. The molecule has 88 valence electrons. The van der Waals surface area contributed by atoms with Crippen molar-refractivity contribution >= 4 is 16.9 Å². The van der Waals surface area contributed by atoms with Gasteiger partial charge in [0.05, 0.1) is 6.26 Å². The average molecular weight is 229 g/mol. The van der Waals surface area contributed by atoms with E-state index in [9.17, 15) is 4.79 Å². The lowest BCUT2D eigenvalue weighted by molar-refractivity contribution is -0.119. The normalized spacial score (nSPS) is 24.2. The first-order valence-electron chi connectivity index (χ1n) is 5.92. The van der Waals surface area contributed by atoms with Crippen LogP contribution in [0, 0.1) is 0 Å². The molecule has 1 saturated heterocycles. The fourth-order valence-corrected chi connectivity index (χ4v) is 2.57. The van der Waals surface area contributed by atoms with E-state index < -0.39 is 0 Å². The summed E-state index contributed by atoms with van der Waals surface area (Å²) in [5.41, 5.74) is 1.96. The predicted octanol–water partition coefficient (Wildman–Crippen LogP) is 2.64. The first-order chi connectivity index (χ1) is 8.16. The summed E-state index contributed by atoms with van der Waals surface area (Å²) in [5.74, 6) is 0.153. The molecule has 3 heteroatoms. The van der Waals surface area contributed by atoms with E-state index in [-0.39, 0.29) is 11.4 Å². The molecular formula is C14H15NO2. The first kappa shape index (κ1) is 10.4. The second kappa shape index (κ2) is 3.62. The van der Waals surface area contributed by atoms with Crippen molar-refractivity contribution in [3.8, 4) is 0 Å². The standard InChI is InChI=1S/C14H15NO2/c1-14(7-6-13(16)15-14)8-10-9-17-12-5-3-2-4-11(10)12/h2-5,9H,6-8H2,1H3,(H,15,16). The number of para-hydroxylation sites is 1. The molecule has 1 aromatic carbocycles. The van der Waals surface area contributed by atoms with Crippen molar-refractivity contribution in [2.45, 2.75) is 31.7 Å². The van der Waals surface area contributed by atoms with Crippen LogP contribution in [0.4, 0.5) is 0 Å². The summed E-state index contributed by atoms with van der Waals surface area (Å²) in [6.45, 7) is 2.10. The van der Waals surface area contributed by atoms with Crippen molar-refractivity contribution in [2.24, 2.45) is 0 Å². The molecule has 1 unspecified atom stereocenters. The van der Waals surface area contributed by atoms with Crippen LogP contribution in [0.25, 0.3) is 11.0 Å². The molecule has 1 aliphatic rings. The Hall–Kier alpha value is -1.77. The topological polar surface area (TPSA) is 42.2 Å². The van der Waals surface area contributed by atoms with E-state index in [1.165, 1.54) is 5.56 Å². The highest BCUT2D eigenvalue weighted by Crippen LogP contribution is 2.29. The first-order valence-corrected chi connectivity index (χ1v) is 5.92. The summed E-state index contributed by atoms with van der Waals surface area (Å²) in [6.07, 6.45) is 4.16. The van der Waals surface area contributed by atoms with Crippen molar-refractivity contribution in [3.63, 3.8) is 0 Å². The van der Waals surface area contributed by atoms with Crippen molar-refractivity contribution in [1.82, 2.24) is 5.32 Å². The van der Waals surface area contributed by atoms with E-state index in [4.69, 9.17) is 4.42 Å². The molecule has 1 aromatic heterocycles. The fraction of sp³-hybridized carbons (Fsp3) is 0.357. The van der Waals surface area contributed by atoms with Gasteiger partial charge in [-0.3, -0.25) is 4.79 Å². The van der Waals surface area contributed by atoms with Gasteiger partial charge in [0, 0.05) is 22.9 Å². The second-order valence-electron chi connectivity index (χ2n) is 5.04. The lowest BCUT2D eigenvalue weighted by atomic mass is 9.91. The summed E-state index contributed by atoms with van der Waals surface area (Å²) >= 11 is 0. The Morgan fingerprint density at radius 1 is 1.41 bits per heavy atom. The average Bonchev–Trinajstić information content (AvgIpc) is 2.85. The van der Waals surface area contributed by atoms with Crippen molar-refractivity contribution < 1.29 is 9.21 Å². The van der Waals surface area contributed by atoms with Crippen LogP contribution in [0.5, 0.6) is 0 Å². The van der Waals surface area contributed by atoms with Gasteiger partial charge in [0.25, 0.3) is 0 Å². The minimum Gasteiger partial charge on any atom is -0.464 e. The van der Waals surface area contributed by atoms with Crippen LogP contribution >= 0.6 is 0 Å². The largest absolute Gasteiger partial charge is 0.464 e. The van der Waals surface area contributed by atoms with Gasteiger partial charge in [0.15, 0.2) is 0 Å². The molecule has 0 spiro atoms. The van der Waals surface area contributed by atoms with Gasteiger partial charge in [-0.25, -0.2) is 0 Å². The number of hydrogen-bond donors (Lipinski definition) is 1. The van der Waals surface area contributed by atoms with E-state index in [1.54, 1.807) is 6.26 Å². The number of benzene rings is 1. The molecule has 0 radical (unpaired) electrons. The van der Waals surface area contributed by atoms with Crippen molar-refractivity contribution in [2.75, 3.05) is 0 Å². The monoisotopic (exact) mass is 229 g/mol. The van der Waals surface area contributed by atoms with Gasteiger partial charge in [-0.1, -0.05) is 18.2 Å². The van der Waals surface area contributed by atoms with Crippen molar-refractivity contribution in [3.05, 3.63) is 36.1 Å². The van der Waals surface area contributed by atoms with E-state index in [2.05, 4.69) is 18.3 Å². The quantitative estimate of drug-likeness (QED) is 0.860. The maximum atomic E-state index is 11.3. The molecule has 1 N–H and O–H groups in total. The van der Waals surface area contributed by atoms with Crippen LogP contribution in [0.3, 0.4) is 0 Å². The van der Waals surface area contributed by atoms with Gasteiger partial charge in [-0.05, 0) is 25.8 Å². The molecule has 1 fully saturated rings. The number of hydrogen-bond acceptors (Lipinski definition) is 2. The Morgan fingerprint density at radius 2 is 2.24 bits per heavy atom. The Bertz CT molecular complexity index is 572. The second-order valence-corrected chi connectivity index (χ2v) is 5.04. The molecule has 1 atom stereocenters. The molecule has 3 rings (SSSR count). The summed E-state index contributed by atoms with van der Waals surface area (Å²) in [5, 5.41) is 4.20. The molecule has 0 bridgehead atoms. The number of carbonyl (C=O) groups is 1. The summed E-state index contributed by atoms with van der Waals surface area (Å²) in [7, 11) is 0. The van der Waals surface area contributed by atoms with Crippen LogP contribution in [0.15, 0.2) is 34.9 Å². The van der Waals surface area contributed by atoms with E-state index in [0.29, 0.717) is 6.42 Å². The zero-order chi connectivity index (χ0) is 11.9. The van der Waals surface area contributed by atoms with Gasteiger partial charge in [-0.15, -0.1) is 0 Å². The molecule has 1 aliphatic heterocycles. The number of carbonyl (C=O) groups excluding carboxylic acids is 1. The minimum atomic E-state index is -0.121. The van der Waals surface area contributed by atoms with E-state index in [1.807, 2.05) is 18.2 Å². The third-order valence-corrected chi connectivity index (χ3v) is 3.49. The number of amides is 1. The Labute approximate surface area is 99.8 Å². The zero-order valence-electron chi connectivity index (χ0n) is 9.82. The number of furan rings is 1. The Balaban J connectivity index is 1.92. The zero-order valence-corrected chi connectivity index (χ0v) is 9.82.